The van der Waals surface area contributed by atoms with Crippen LogP contribution in [0.1, 0.15) is 40.8 Å². The molecule has 216 valence electrons. The van der Waals surface area contributed by atoms with Gasteiger partial charge in [-0.15, -0.1) is 11.3 Å². The van der Waals surface area contributed by atoms with Gasteiger partial charge in [0.25, 0.3) is 0 Å². The lowest BCUT2D eigenvalue weighted by atomic mass is 9.99. The molecule has 0 atom stereocenters. The predicted octanol–water partition coefficient (Wildman–Crippen LogP) is 7.56. The van der Waals surface area contributed by atoms with Crippen LogP contribution in [0, 0.1) is 6.92 Å². The van der Waals surface area contributed by atoms with Crippen molar-refractivity contribution in [3.8, 4) is 11.3 Å². The summed E-state index contributed by atoms with van der Waals surface area (Å²) in [5, 5.41) is 18.0. The Labute approximate surface area is 254 Å². The summed E-state index contributed by atoms with van der Waals surface area (Å²) in [5.41, 5.74) is 6.59. The standard InChI is InChI=1S/C33H33N9S/c1-6-21(4)39-25-11-12-28-23(15-25)13-14-34-30(28)27-10-8-7-9-24(27)16-37-33-41-32(36-18-26-17-35-22(5)43-26)40-31-29(20(2)3)19-38-42(31)33/h6-15,17,19-20,39H,1,4,16,18H2,2-3,5H3,(H2,36,37,40,41). The smallest absolute Gasteiger partial charge is 0.229 e. The van der Waals surface area contributed by atoms with Crippen LogP contribution in [0.2, 0.25) is 0 Å². The Bertz CT molecular complexity index is 1950. The Hall–Kier alpha value is -5.09. The van der Waals surface area contributed by atoms with Gasteiger partial charge in [0.1, 0.15) is 0 Å². The number of nitrogens with zero attached hydrogens (tertiary/aromatic N) is 6. The first-order chi connectivity index (χ1) is 20.9. The van der Waals surface area contributed by atoms with Crippen molar-refractivity contribution in [3.63, 3.8) is 0 Å². The zero-order valence-corrected chi connectivity index (χ0v) is 25.2. The van der Waals surface area contributed by atoms with Crippen LogP contribution in [0.25, 0.3) is 27.7 Å². The molecule has 4 heterocycles. The van der Waals surface area contributed by atoms with Gasteiger partial charge in [0.15, 0.2) is 5.65 Å². The monoisotopic (exact) mass is 587 g/mol. The van der Waals surface area contributed by atoms with Crippen LogP contribution >= 0.6 is 11.3 Å². The fourth-order valence-electron chi connectivity index (χ4n) is 4.93. The SMILES string of the molecule is C=CC(=C)Nc1ccc2c(-c3ccccc3CNc3nc(NCc4cnc(C)s4)nc4c(C(C)C)cnn34)nccc2c1. The highest BCUT2D eigenvalue weighted by atomic mass is 32.1. The molecule has 6 aromatic rings. The highest BCUT2D eigenvalue weighted by Crippen LogP contribution is 2.31. The lowest BCUT2D eigenvalue weighted by Crippen LogP contribution is -2.12. The molecule has 0 saturated carbocycles. The molecule has 0 radical (unpaired) electrons. The second-order valence-corrected chi connectivity index (χ2v) is 11.8. The van der Waals surface area contributed by atoms with Gasteiger partial charge < -0.3 is 16.0 Å². The van der Waals surface area contributed by atoms with E-state index >= 15 is 0 Å². The number of benzene rings is 2. The first-order valence-electron chi connectivity index (χ1n) is 14.1. The number of fused-ring (bicyclic) bond motifs is 2. The second-order valence-electron chi connectivity index (χ2n) is 10.5. The van der Waals surface area contributed by atoms with Crippen molar-refractivity contribution in [1.82, 2.24) is 29.5 Å². The van der Waals surface area contributed by atoms with Crippen molar-refractivity contribution in [1.29, 1.82) is 0 Å². The molecule has 0 unspecified atom stereocenters. The van der Waals surface area contributed by atoms with Crippen LogP contribution < -0.4 is 16.0 Å². The third-order valence-corrected chi connectivity index (χ3v) is 8.05. The first kappa shape index (κ1) is 28.0. The number of nitrogens with one attached hydrogen (secondary N) is 3. The fraction of sp³-hybridized carbons (Fsp3) is 0.182. The third kappa shape index (κ3) is 5.96. The van der Waals surface area contributed by atoms with Crippen LogP contribution in [-0.2, 0) is 13.1 Å². The average molecular weight is 588 g/mol. The lowest BCUT2D eigenvalue weighted by Gasteiger charge is -2.15. The summed E-state index contributed by atoms with van der Waals surface area (Å²) in [5.74, 6) is 1.41. The van der Waals surface area contributed by atoms with Gasteiger partial charge in [-0.25, -0.2) is 4.98 Å². The fourth-order valence-corrected chi connectivity index (χ4v) is 5.67. The molecule has 9 nitrogen and oxygen atoms in total. The molecule has 10 heteroatoms. The van der Waals surface area contributed by atoms with E-state index in [2.05, 4.69) is 77.3 Å². The number of hydrogen-bond donors (Lipinski definition) is 3. The summed E-state index contributed by atoms with van der Waals surface area (Å²) in [7, 11) is 0. The largest absolute Gasteiger partial charge is 0.356 e. The van der Waals surface area contributed by atoms with Crippen LogP contribution in [0.15, 0.2) is 92.1 Å². The van der Waals surface area contributed by atoms with E-state index < -0.39 is 0 Å². The molecule has 0 saturated heterocycles. The number of pyridine rings is 1. The molecule has 0 spiro atoms. The van der Waals surface area contributed by atoms with Crippen molar-refractivity contribution in [2.24, 2.45) is 0 Å². The Balaban J connectivity index is 1.32. The summed E-state index contributed by atoms with van der Waals surface area (Å²) in [6, 6.07) is 16.5. The first-order valence-corrected chi connectivity index (χ1v) is 14.9. The highest BCUT2D eigenvalue weighted by molar-refractivity contribution is 7.11. The highest BCUT2D eigenvalue weighted by Gasteiger charge is 2.17. The maximum absolute atomic E-state index is 4.82. The van der Waals surface area contributed by atoms with Crippen molar-refractivity contribution < 1.29 is 0 Å². The molecule has 0 aliphatic carbocycles. The summed E-state index contributed by atoms with van der Waals surface area (Å²) >= 11 is 1.66. The number of anilines is 3. The van der Waals surface area contributed by atoms with Gasteiger partial charge in [0.05, 0.1) is 23.4 Å². The molecule has 43 heavy (non-hydrogen) atoms. The molecule has 0 aliphatic heterocycles. The van der Waals surface area contributed by atoms with E-state index in [1.807, 2.05) is 49.8 Å². The zero-order valence-electron chi connectivity index (χ0n) is 24.4. The third-order valence-electron chi connectivity index (χ3n) is 7.13. The van der Waals surface area contributed by atoms with Gasteiger partial charge >= 0.3 is 0 Å². The molecule has 0 amide bonds. The number of aryl methyl sites for hydroxylation is 1. The minimum atomic E-state index is 0.265. The number of allylic oxidation sites excluding steroid dienone is 1. The van der Waals surface area contributed by atoms with Crippen LogP contribution in [0.3, 0.4) is 0 Å². The minimum Gasteiger partial charge on any atom is -0.356 e. The quantitative estimate of drug-likeness (QED) is 0.133. The summed E-state index contributed by atoms with van der Waals surface area (Å²) < 4.78 is 1.78. The van der Waals surface area contributed by atoms with Crippen LogP contribution in [0.5, 0.6) is 0 Å². The molecule has 4 aromatic heterocycles. The molecule has 2 aromatic carbocycles. The van der Waals surface area contributed by atoms with Crippen molar-refractivity contribution in [2.45, 2.75) is 39.8 Å². The molecule has 3 N–H and O–H groups in total. The van der Waals surface area contributed by atoms with Crippen molar-refractivity contribution in [2.75, 3.05) is 16.0 Å². The normalized spacial score (nSPS) is 11.3. The minimum absolute atomic E-state index is 0.265. The van der Waals surface area contributed by atoms with Crippen molar-refractivity contribution >= 4 is 45.3 Å². The Morgan fingerprint density at radius 1 is 1.02 bits per heavy atom. The predicted molar refractivity (Wildman–Crippen MR) is 177 cm³/mol. The summed E-state index contributed by atoms with van der Waals surface area (Å²) in [4.78, 5) is 19.9. The van der Waals surface area contributed by atoms with E-state index in [9.17, 15) is 0 Å². The van der Waals surface area contributed by atoms with E-state index in [0.29, 0.717) is 25.0 Å². The molecule has 0 fully saturated rings. The van der Waals surface area contributed by atoms with E-state index in [4.69, 9.17) is 15.0 Å². The molecule has 0 aliphatic rings. The number of aromatic nitrogens is 6. The Morgan fingerprint density at radius 2 is 1.88 bits per heavy atom. The van der Waals surface area contributed by atoms with Gasteiger partial charge in [0, 0.05) is 51.7 Å². The van der Waals surface area contributed by atoms with Gasteiger partial charge in [-0.2, -0.15) is 19.6 Å². The topological polar surface area (TPSA) is 105 Å². The average Bonchev–Trinajstić information content (AvgIpc) is 3.64. The van der Waals surface area contributed by atoms with E-state index in [1.165, 1.54) is 0 Å². The zero-order chi connectivity index (χ0) is 29.9. The molecule has 6 rings (SSSR count). The molecular weight excluding hydrogens is 554 g/mol. The Morgan fingerprint density at radius 3 is 2.67 bits per heavy atom. The van der Waals surface area contributed by atoms with Gasteiger partial charge in [0.2, 0.25) is 11.9 Å². The van der Waals surface area contributed by atoms with Gasteiger partial charge in [-0.05, 0) is 48.1 Å². The lowest BCUT2D eigenvalue weighted by molar-refractivity contribution is 0.864. The number of thiazole rings is 1. The van der Waals surface area contributed by atoms with E-state index in [1.54, 1.807) is 21.9 Å². The molecular formula is C33H33N9S. The van der Waals surface area contributed by atoms with Crippen molar-refractivity contribution in [3.05, 3.63) is 113 Å². The van der Waals surface area contributed by atoms with Crippen LogP contribution in [0.4, 0.5) is 17.6 Å². The number of rotatable bonds is 11. The number of hydrogen-bond acceptors (Lipinski definition) is 9. The molecule has 0 bridgehead atoms. The van der Waals surface area contributed by atoms with E-state index in [0.717, 1.165) is 60.1 Å². The Kier molecular flexibility index (Phi) is 7.84. The summed E-state index contributed by atoms with van der Waals surface area (Å²) in [6.45, 7) is 15.1. The van der Waals surface area contributed by atoms with Crippen LogP contribution in [-0.4, -0.2) is 29.5 Å². The van der Waals surface area contributed by atoms with Gasteiger partial charge in [-0.3, -0.25) is 4.98 Å². The maximum Gasteiger partial charge on any atom is 0.229 e. The van der Waals surface area contributed by atoms with Gasteiger partial charge in [-0.1, -0.05) is 57.3 Å². The maximum atomic E-state index is 4.82. The van der Waals surface area contributed by atoms with E-state index in [-0.39, 0.29) is 5.92 Å². The second kappa shape index (κ2) is 12.0. The summed E-state index contributed by atoms with van der Waals surface area (Å²) in [6.07, 6.45) is 7.31.